The van der Waals surface area contributed by atoms with Gasteiger partial charge in [-0.2, -0.15) is 0 Å². The maximum absolute atomic E-state index is 14.1. The molecule has 0 spiro atoms. The number of carbonyl (C=O) groups excluding carboxylic acids is 2. The lowest BCUT2D eigenvalue weighted by Crippen LogP contribution is -2.53. The highest BCUT2D eigenvalue weighted by Gasteiger charge is 2.33. The summed E-state index contributed by atoms with van der Waals surface area (Å²) >= 11 is 9.65. The number of sulfonamides is 1. The molecule has 4 rings (SSSR count). The molecule has 1 fully saturated rings. The summed E-state index contributed by atoms with van der Waals surface area (Å²) in [5.41, 5.74) is 1.75. The lowest BCUT2D eigenvalue weighted by molar-refractivity contribution is -0.139. The van der Waals surface area contributed by atoms with Crippen molar-refractivity contribution in [3.8, 4) is 0 Å². The first-order valence-electron chi connectivity index (χ1n) is 13.7. The second kappa shape index (κ2) is 13.9. The molecule has 1 aliphatic carbocycles. The topological polar surface area (TPSA) is 86.8 Å². The number of rotatable bonds is 10. The number of nitrogens with zero attached hydrogens (tertiary/aromatic N) is 2. The van der Waals surface area contributed by atoms with Gasteiger partial charge in [0.25, 0.3) is 10.0 Å². The van der Waals surface area contributed by atoms with Crippen LogP contribution in [0.15, 0.2) is 82.2 Å². The lowest BCUT2D eigenvalue weighted by Gasteiger charge is -2.33. The molecule has 1 aliphatic rings. The van der Waals surface area contributed by atoms with Gasteiger partial charge in [0.2, 0.25) is 11.8 Å². The highest BCUT2D eigenvalue weighted by atomic mass is 79.9. The number of nitrogens with one attached hydrogen (secondary N) is 1. The van der Waals surface area contributed by atoms with Crippen LogP contribution in [-0.2, 0) is 26.2 Å². The first kappa shape index (κ1) is 31.1. The van der Waals surface area contributed by atoms with Gasteiger partial charge in [-0.3, -0.25) is 13.9 Å². The van der Waals surface area contributed by atoms with Crippen molar-refractivity contribution in [1.29, 1.82) is 0 Å². The van der Waals surface area contributed by atoms with Crippen molar-refractivity contribution in [3.05, 3.63) is 93.4 Å². The van der Waals surface area contributed by atoms with Crippen molar-refractivity contribution < 1.29 is 18.0 Å². The van der Waals surface area contributed by atoms with Gasteiger partial charge in [-0.15, -0.1) is 0 Å². The molecular formula is C31H35BrClN3O4S. The van der Waals surface area contributed by atoms with E-state index in [0.29, 0.717) is 16.3 Å². The molecule has 0 heterocycles. The summed E-state index contributed by atoms with van der Waals surface area (Å²) in [6, 6.07) is 19.6. The van der Waals surface area contributed by atoms with E-state index in [1.165, 1.54) is 17.0 Å². The molecule has 0 aromatic heterocycles. The molecule has 10 heteroatoms. The fourth-order valence-corrected chi connectivity index (χ4v) is 7.29. The van der Waals surface area contributed by atoms with Crippen LogP contribution in [0.1, 0.15) is 50.2 Å². The molecule has 1 unspecified atom stereocenters. The normalized spacial score (nSPS) is 14.7. The molecule has 1 saturated carbocycles. The Kier molecular flexibility index (Phi) is 10.5. The van der Waals surface area contributed by atoms with Crippen LogP contribution in [0.4, 0.5) is 5.69 Å². The molecule has 0 saturated heterocycles. The smallest absolute Gasteiger partial charge is 0.264 e. The highest BCUT2D eigenvalue weighted by molar-refractivity contribution is 9.10. The van der Waals surface area contributed by atoms with Crippen LogP contribution in [0.2, 0.25) is 5.02 Å². The van der Waals surface area contributed by atoms with Gasteiger partial charge in [-0.25, -0.2) is 8.42 Å². The summed E-state index contributed by atoms with van der Waals surface area (Å²) in [5.74, 6) is -0.745. The van der Waals surface area contributed by atoms with Gasteiger partial charge < -0.3 is 10.2 Å². The van der Waals surface area contributed by atoms with Crippen LogP contribution in [0.3, 0.4) is 0 Å². The number of amides is 2. The van der Waals surface area contributed by atoms with Crippen LogP contribution in [0, 0.1) is 6.92 Å². The van der Waals surface area contributed by atoms with E-state index in [9.17, 15) is 18.0 Å². The standard InChI is InChI=1S/C31H35BrClN3O4S/c1-22-18-26(33)16-17-29(22)36(41(39,40)28-14-7-4-8-15-28)21-30(37)35(20-24-10-9-11-25(32)19-24)23(2)31(38)34-27-12-5-3-6-13-27/h4,7-11,14-19,23,27H,3,5-6,12-13,20-21H2,1-2H3,(H,34,38). The summed E-state index contributed by atoms with van der Waals surface area (Å²) in [6.45, 7) is 3.08. The molecule has 3 aromatic carbocycles. The van der Waals surface area contributed by atoms with Crippen molar-refractivity contribution in [2.24, 2.45) is 0 Å². The summed E-state index contributed by atoms with van der Waals surface area (Å²) < 4.78 is 29.8. The predicted octanol–water partition coefficient (Wildman–Crippen LogP) is 6.47. The number of hydrogen-bond donors (Lipinski definition) is 1. The zero-order valence-corrected chi connectivity index (χ0v) is 26.4. The zero-order chi connectivity index (χ0) is 29.6. The summed E-state index contributed by atoms with van der Waals surface area (Å²) in [7, 11) is -4.13. The number of anilines is 1. The predicted molar refractivity (Wildman–Crippen MR) is 166 cm³/mol. The van der Waals surface area contributed by atoms with Crippen LogP contribution < -0.4 is 9.62 Å². The van der Waals surface area contributed by atoms with Crippen LogP contribution >= 0.6 is 27.5 Å². The SMILES string of the molecule is Cc1cc(Cl)ccc1N(CC(=O)N(Cc1cccc(Br)c1)C(C)C(=O)NC1CCCCC1)S(=O)(=O)c1ccccc1. The fourth-order valence-electron chi connectivity index (χ4n) is 5.12. The van der Waals surface area contributed by atoms with E-state index in [4.69, 9.17) is 11.6 Å². The van der Waals surface area contributed by atoms with Crippen molar-refractivity contribution in [3.63, 3.8) is 0 Å². The Bertz CT molecular complexity index is 1480. The molecule has 3 aromatic rings. The molecule has 41 heavy (non-hydrogen) atoms. The summed E-state index contributed by atoms with van der Waals surface area (Å²) in [6.07, 6.45) is 5.11. The quantitative estimate of drug-likeness (QED) is 0.270. The minimum Gasteiger partial charge on any atom is -0.352 e. The molecular weight excluding hydrogens is 626 g/mol. The molecule has 0 radical (unpaired) electrons. The van der Waals surface area contributed by atoms with Gasteiger partial charge in [0.15, 0.2) is 0 Å². The van der Waals surface area contributed by atoms with Crippen molar-refractivity contribution in [2.75, 3.05) is 10.8 Å². The van der Waals surface area contributed by atoms with Gasteiger partial charge >= 0.3 is 0 Å². The van der Waals surface area contributed by atoms with E-state index in [0.717, 1.165) is 46.4 Å². The molecule has 1 atom stereocenters. The van der Waals surface area contributed by atoms with Crippen molar-refractivity contribution in [2.45, 2.75) is 69.5 Å². The third-order valence-corrected chi connectivity index (χ3v) is 9.90. The Morgan fingerprint density at radius 1 is 1.00 bits per heavy atom. The Hall–Kier alpha value is -2.88. The Labute approximate surface area is 256 Å². The number of halogens is 2. The van der Waals surface area contributed by atoms with E-state index in [1.807, 2.05) is 24.3 Å². The number of aryl methyl sites for hydroxylation is 1. The highest BCUT2D eigenvalue weighted by Crippen LogP contribution is 2.29. The van der Waals surface area contributed by atoms with Gasteiger partial charge in [-0.1, -0.05) is 77.1 Å². The number of hydrogen-bond acceptors (Lipinski definition) is 4. The monoisotopic (exact) mass is 659 g/mol. The molecule has 0 aliphatic heterocycles. The van der Waals surface area contributed by atoms with Gasteiger partial charge in [-0.05, 0) is 80.3 Å². The van der Waals surface area contributed by atoms with E-state index in [2.05, 4.69) is 21.2 Å². The van der Waals surface area contributed by atoms with Crippen LogP contribution in [-0.4, -0.2) is 43.8 Å². The molecule has 2 amide bonds. The second-order valence-corrected chi connectivity index (χ2v) is 13.6. The van der Waals surface area contributed by atoms with Gasteiger partial charge in [0.05, 0.1) is 10.6 Å². The maximum atomic E-state index is 14.1. The van der Waals surface area contributed by atoms with Crippen LogP contribution in [0.25, 0.3) is 0 Å². The number of benzene rings is 3. The summed E-state index contributed by atoms with van der Waals surface area (Å²) in [5, 5.41) is 3.58. The third kappa shape index (κ3) is 7.90. The van der Waals surface area contributed by atoms with E-state index in [-0.39, 0.29) is 23.4 Å². The first-order chi connectivity index (χ1) is 19.6. The van der Waals surface area contributed by atoms with Crippen LogP contribution in [0.5, 0.6) is 0 Å². The number of carbonyl (C=O) groups is 2. The maximum Gasteiger partial charge on any atom is 0.264 e. The average Bonchev–Trinajstić information content (AvgIpc) is 2.95. The fraction of sp³-hybridized carbons (Fsp3) is 0.355. The lowest BCUT2D eigenvalue weighted by atomic mass is 9.95. The molecule has 0 bridgehead atoms. The molecule has 1 N–H and O–H groups in total. The van der Waals surface area contributed by atoms with E-state index in [1.54, 1.807) is 50.2 Å². The van der Waals surface area contributed by atoms with Gasteiger partial charge in [0.1, 0.15) is 12.6 Å². The van der Waals surface area contributed by atoms with E-state index >= 15 is 0 Å². The molecule has 7 nitrogen and oxygen atoms in total. The van der Waals surface area contributed by atoms with Crippen molar-refractivity contribution in [1.82, 2.24) is 10.2 Å². The minimum absolute atomic E-state index is 0.0591. The molecule has 218 valence electrons. The largest absolute Gasteiger partial charge is 0.352 e. The van der Waals surface area contributed by atoms with E-state index < -0.39 is 28.5 Å². The Morgan fingerprint density at radius 2 is 1.71 bits per heavy atom. The minimum atomic E-state index is -4.13. The Balaban J connectivity index is 1.69. The van der Waals surface area contributed by atoms with Crippen molar-refractivity contribution >= 4 is 55.1 Å². The van der Waals surface area contributed by atoms with Gasteiger partial charge in [0, 0.05) is 22.1 Å². The second-order valence-electron chi connectivity index (χ2n) is 10.4. The average molecular weight is 661 g/mol. The first-order valence-corrected chi connectivity index (χ1v) is 16.4. The zero-order valence-electron chi connectivity index (χ0n) is 23.2. The third-order valence-electron chi connectivity index (χ3n) is 7.40. The Morgan fingerprint density at radius 3 is 2.37 bits per heavy atom. The summed E-state index contributed by atoms with van der Waals surface area (Å²) in [4.78, 5) is 29.0.